The van der Waals surface area contributed by atoms with Crippen LogP contribution in [-0.2, 0) is 4.74 Å². The normalized spacial score (nSPS) is 52.6. The first kappa shape index (κ1) is 9.63. The highest BCUT2D eigenvalue weighted by molar-refractivity contribution is 14.1. The van der Waals surface area contributed by atoms with Crippen LogP contribution in [0.5, 0.6) is 0 Å². The van der Waals surface area contributed by atoms with Crippen LogP contribution >= 0.6 is 22.6 Å². The molecule has 5 heteroatoms. The SMILES string of the molecule is C[C@@H]1OC(F)[C@H](I)[C@H](O)[C@H]1O. The third-order valence-corrected chi connectivity index (χ3v) is 3.05. The Morgan fingerprint density at radius 3 is 2.45 bits per heavy atom. The second-order valence-corrected chi connectivity index (χ2v) is 4.06. The molecule has 1 rings (SSSR count). The van der Waals surface area contributed by atoms with Crippen molar-refractivity contribution in [2.45, 2.75) is 35.5 Å². The summed E-state index contributed by atoms with van der Waals surface area (Å²) in [6.45, 7) is 1.53. The number of ether oxygens (including phenoxy) is 1. The molecule has 0 aromatic carbocycles. The summed E-state index contributed by atoms with van der Waals surface area (Å²) in [5.41, 5.74) is 0. The molecule has 0 saturated carbocycles. The van der Waals surface area contributed by atoms with Crippen LogP contribution in [-0.4, -0.2) is 38.8 Å². The molecule has 1 saturated heterocycles. The summed E-state index contributed by atoms with van der Waals surface area (Å²) < 4.78 is 16.8. The molecule has 1 fully saturated rings. The maximum atomic E-state index is 12.8. The van der Waals surface area contributed by atoms with Crippen molar-refractivity contribution in [3.8, 4) is 0 Å². The highest BCUT2D eigenvalue weighted by Crippen LogP contribution is 2.27. The van der Waals surface area contributed by atoms with Gasteiger partial charge in [-0.3, -0.25) is 0 Å². The second-order valence-electron chi connectivity index (χ2n) is 2.62. The van der Waals surface area contributed by atoms with Crippen LogP contribution in [0.1, 0.15) is 6.92 Å². The van der Waals surface area contributed by atoms with Gasteiger partial charge in [0.15, 0.2) is 0 Å². The molecule has 5 atom stereocenters. The van der Waals surface area contributed by atoms with Crippen LogP contribution in [0.25, 0.3) is 0 Å². The van der Waals surface area contributed by atoms with Crippen molar-refractivity contribution < 1.29 is 19.3 Å². The van der Waals surface area contributed by atoms with Crippen molar-refractivity contribution in [3.63, 3.8) is 0 Å². The van der Waals surface area contributed by atoms with Gasteiger partial charge in [-0.25, -0.2) is 4.39 Å². The van der Waals surface area contributed by atoms with E-state index in [2.05, 4.69) is 0 Å². The number of aliphatic hydroxyl groups is 2. The van der Waals surface area contributed by atoms with Gasteiger partial charge in [-0.2, -0.15) is 0 Å². The zero-order chi connectivity index (χ0) is 8.59. The Bertz CT molecular complexity index is 132. The molecule has 1 aliphatic rings. The van der Waals surface area contributed by atoms with E-state index in [1.165, 1.54) is 6.92 Å². The fraction of sp³-hybridized carbons (Fsp3) is 1.00. The van der Waals surface area contributed by atoms with E-state index in [0.717, 1.165) is 0 Å². The molecule has 66 valence electrons. The molecular weight excluding hydrogens is 266 g/mol. The maximum Gasteiger partial charge on any atom is 0.213 e. The lowest BCUT2D eigenvalue weighted by atomic mass is 10.0. The number of alkyl halides is 2. The highest BCUT2D eigenvalue weighted by atomic mass is 127. The van der Waals surface area contributed by atoms with Crippen molar-refractivity contribution >= 4 is 22.6 Å². The van der Waals surface area contributed by atoms with Gasteiger partial charge in [-0.15, -0.1) is 0 Å². The molecule has 0 aliphatic carbocycles. The molecule has 0 amide bonds. The predicted octanol–water partition coefficient (Wildman–Crippen LogP) is 0.226. The van der Waals surface area contributed by atoms with Crippen LogP contribution in [0.4, 0.5) is 4.39 Å². The standard InChI is InChI=1S/C6H10FIO3/c1-2-4(9)5(10)3(8)6(7)11-2/h2-6,9-10H,1H3/t2-,3+,4-,5-,6?/m0/s1. The summed E-state index contributed by atoms with van der Waals surface area (Å²) in [5.74, 6) is 0. The van der Waals surface area contributed by atoms with Gasteiger partial charge in [0, 0.05) is 0 Å². The highest BCUT2D eigenvalue weighted by Gasteiger charge is 2.41. The van der Waals surface area contributed by atoms with Gasteiger partial charge < -0.3 is 14.9 Å². The fourth-order valence-electron chi connectivity index (χ4n) is 0.982. The van der Waals surface area contributed by atoms with Gasteiger partial charge >= 0.3 is 0 Å². The summed E-state index contributed by atoms with van der Waals surface area (Å²) in [6, 6.07) is 0. The van der Waals surface area contributed by atoms with E-state index >= 15 is 0 Å². The third kappa shape index (κ3) is 1.82. The topological polar surface area (TPSA) is 49.7 Å². The van der Waals surface area contributed by atoms with Crippen molar-refractivity contribution in [1.29, 1.82) is 0 Å². The molecule has 0 spiro atoms. The Balaban J connectivity index is 2.63. The third-order valence-electron chi connectivity index (χ3n) is 1.75. The lowest BCUT2D eigenvalue weighted by Gasteiger charge is -2.35. The summed E-state index contributed by atoms with van der Waals surface area (Å²) in [5, 5.41) is 18.4. The molecular formula is C6H10FIO3. The molecule has 0 radical (unpaired) electrons. The van der Waals surface area contributed by atoms with E-state index in [4.69, 9.17) is 4.74 Å². The Hall–Kier alpha value is 0.540. The Labute approximate surface area is 77.7 Å². The molecule has 1 aliphatic heterocycles. The average molecular weight is 276 g/mol. The molecule has 1 unspecified atom stereocenters. The first-order valence-corrected chi connectivity index (χ1v) is 4.58. The van der Waals surface area contributed by atoms with E-state index in [1.807, 2.05) is 0 Å². The van der Waals surface area contributed by atoms with Crippen molar-refractivity contribution in [2.24, 2.45) is 0 Å². The second kappa shape index (κ2) is 3.51. The van der Waals surface area contributed by atoms with Gasteiger partial charge in [0.2, 0.25) is 6.36 Å². The molecule has 0 aromatic rings. The predicted molar refractivity (Wildman–Crippen MR) is 45.3 cm³/mol. The Morgan fingerprint density at radius 2 is 1.91 bits per heavy atom. The van der Waals surface area contributed by atoms with Crippen LogP contribution in [0.15, 0.2) is 0 Å². The first-order valence-electron chi connectivity index (χ1n) is 3.33. The van der Waals surface area contributed by atoms with Gasteiger partial charge in [0.25, 0.3) is 0 Å². The zero-order valence-electron chi connectivity index (χ0n) is 5.95. The lowest BCUT2D eigenvalue weighted by molar-refractivity contribution is -0.190. The van der Waals surface area contributed by atoms with Crippen LogP contribution in [0.3, 0.4) is 0 Å². The first-order chi connectivity index (χ1) is 5.04. The van der Waals surface area contributed by atoms with Crippen LogP contribution < -0.4 is 0 Å². The minimum Gasteiger partial charge on any atom is -0.389 e. The number of hydrogen-bond acceptors (Lipinski definition) is 3. The summed E-state index contributed by atoms with van der Waals surface area (Å²) in [7, 11) is 0. The minimum atomic E-state index is -1.48. The largest absolute Gasteiger partial charge is 0.389 e. The fourth-order valence-corrected chi connectivity index (χ4v) is 1.58. The molecule has 0 aromatic heterocycles. The van der Waals surface area contributed by atoms with Gasteiger partial charge in [-0.1, -0.05) is 22.6 Å². The number of hydrogen-bond donors (Lipinski definition) is 2. The average Bonchev–Trinajstić information content (AvgIpc) is 1.97. The minimum absolute atomic E-state index is 0.633. The summed E-state index contributed by atoms with van der Waals surface area (Å²) >= 11 is 1.72. The molecule has 11 heavy (non-hydrogen) atoms. The van der Waals surface area contributed by atoms with E-state index in [0.29, 0.717) is 0 Å². The number of rotatable bonds is 0. The van der Waals surface area contributed by atoms with E-state index in [9.17, 15) is 14.6 Å². The smallest absolute Gasteiger partial charge is 0.213 e. The Morgan fingerprint density at radius 1 is 1.36 bits per heavy atom. The van der Waals surface area contributed by atoms with E-state index in [1.54, 1.807) is 22.6 Å². The molecule has 2 N–H and O–H groups in total. The van der Waals surface area contributed by atoms with Gasteiger partial charge in [-0.05, 0) is 6.92 Å². The van der Waals surface area contributed by atoms with E-state index < -0.39 is 28.6 Å². The summed E-state index contributed by atoms with van der Waals surface area (Å²) in [4.78, 5) is 0. The molecule has 3 nitrogen and oxygen atoms in total. The number of aliphatic hydroxyl groups excluding tert-OH is 2. The van der Waals surface area contributed by atoms with E-state index in [-0.39, 0.29) is 0 Å². The quantitative estimate of drug-likeness (QED) is 0.492. The zero-order valence-corrected chi connectivity index (χ0v) is 8.10. The van der Waals surface area contributed by atoms with Crippen molar-refractivity contribution in [1.82, 2.24) is 0 Å². The van der Waals surface area contributed by atoms with Gasteiger partial charge in [0.05, 0.1) is 16.1 Å². The Kier molecular flexibility index (Phi) is 3.07. The maximum absolute atomic E-state index is 12.8. The monoisotopic (exact) mass is 276 g/mol. The van der Waals surface area contributed by atoms with Crippen LogP contribution in [0.2, 0.25) is 0 Å². The van der Waals surface area contributed by atoms with Crippen molar-refractivity contribution in [2.75, 3.05) is 0 Å². The molecule has 1 heterocycles. The lowest BCUT2D eigenvalue weighted by Crippen LogP contribution is -2.52. The van der Waals surface area contributed by atoms with Gasteiger partial charge in [0.1, 0.15) is 6.10 Å². The van der Waals surface area contributed by atoms with Crippen molar-refractivity contribution in [3.05, 3.63) is 0 Å². The summed E-state index contributed by atoms with van der Waals surface area (Å²) in [6.07, 6.45) is -4.13. The number of halogens is 2. The molecule has 0 bridgehead atoms. The van der Waals surface area contributed by atoms with Crippen LogP contribution in [0, 0.1) is 0 Å².